The molecular weight excluding hydrogens is 364 g/mol. The van der Waals surface area contributed by atoms with Crippen molar-refractivity contribution in [3.63, 3.8) is 0 Å². The maximum Gasteiger partial charge on any atom is 0.340 e. The van der Waals surface area contributed by atoms with Crippen molar-refractivity contribution < 1.29 is 18.9 Å². The monoisotopic (exact) mass is 384 g/mol. The summed E-state index contributed by atoms with van der Waals surface area (Å²) in [4.78, 5) is 22.8. The molecule has 1 aromatic carbocycles. The van der Waals surface area contributed by atoms with Gasteiger partial charge in [0.2, 0.25) is 5.89 Å². The van der Waals surface area contributed by atoms with E-state index in [4.69, 9.17) is 9.15 Å². The molecule has 9 heteroatoms. The average molecular weight is 384 g/mol. The molecule has 0 radical (unpaired) electrons. The number of nitrogens with zero attached hydrogens (tertiary/aromatic N) is 4. The summed E-state index contributed by atoms with van der Waals surface area (Å²) in [6.07, 6.45) is -0.739. The van der Waals surface area contributed by atoms with E-state index < -0.39 is 17.0 Å². The number of hydrogen-bond acceptors (Lipinski definition) is 7. The number of nitro groups is 1. The highest BCUT2D eigenvalue weighted by Gasteiger charge is 2.23. The van der Waals surface area contributed by atoms with Gasteiger partial charge in [-0.25, -0.2) is 4.79 Å². The summed E-state index contributed by atoms with van der Waals surface area (Å²) in [5.41, 5.74) is 2.83. The topological polar surface area (TPSA) is 113 Å². The van der Waals surface area contributed by atoms with Crippen LogP contribution in [-0.4, -0.2) is 25.7 Å². The van der Waals surface area contributed by atoms with Crippen LogP contribution in [-0.2, 0) is 11.3 Å². The predicted molar refractivity (Wildman–Crippen MR) is 99.8 cm³/mol. The zero-order valence-corrected chi connectivity index (χ0v) is 16.0. The Morgan fingerprint density at radius 1 is 1.29 bits per heavy atom. The maximum atomic E-state index is 12.5. The number of carbonyl (C=O) groups excluding carboxylic acids is 1. The van der Waals surface area contributed by atoms with Crippen molar-refractivity contribution in [2.45, 2.75) is 40.3 Å². The van der Waals surface area contributed by atoms with Crippen molar-refractivity contribution in [2.24, 2.45) is 0 Å². The number of hydrogen-bond donors (Lipinski definition) is 0. The summed E-state index contributed by atoms with van der Waals surface area (Å²) in [7, 11) is 0. The Morgan fingerprint density at radius 2 is 1.96 bits per heavy atom. The Balaban J connectivity index is 1.74. The van der Waals surface area contributed by atoms with Gasteiger partial charge in [-0.15, -0.1) is 10.2 Å². The molecule has 0 unspecified atom stereocenters. The molecule has 2 aromatic heterocycles. The van der Waals surface area contributed by atoms with Crippen molar-refractivity contribution in [1.82, 2.24) is 14.8 Å². The summed E-state index contributed by atoms with van der Waals surface area (Å²) in [5, 5.41) is 18.6. The van der Waals surface area contributed by atoms with Crippen molar-refractivity contribution in [2.75, 3.05) is 0 Å². The third-order valence-electron chi connectivity index (χ3n) is 4.51. The molecule has 0 fully saturated rings. The largest absolute Gasteiger partial charge is 0.449 e. The predicted octanol–water partition coefficient (Wildman–Crippen LogP) is 4.00. The average Bonchev–Trinajstić information content (AvgIpc) is 3.26. The first kappa shape index (κ1) is 19.3. The van der Waals surface area contributed by atoms with Crippen LogP contribution in [0.1, 0.15) is 47.6 Å². The molecule has 28 heavy (non-hydrogen) atoms. The number of nitro benzene ring substituents is 1. The van der Waals surface area contributed by atoms with Gasteiger partial charge in [-0.05, 0) is 45.9 Å². The number of benzene rings is 1. The quantitative estimate of drug-likeness (QED) is 0.358. The first-order valence-electron chi connectivity index (χ1n) is 8.77. The zero-order chi connectivity index (χ0) is 20.4. The molecule has 0 aliphatic carbocycles. The molecule has 0 bridgehead atoms. The lowest BCUT2D eigenvalue weighted by atomic mass is 10.2. The fraction of sp³-hybridized carbons (Fsp3) is 0.316. The van der Waals surface area contributed by atoms with Crippen LogP contribution in [0.3, 0.4) is 0 Å². The van der Waals surface area contributed by atoms with Crippen LogP contribution in [0.2, 0.25) is 0 Å². The Hall–Kier alpha value is -3.49. The minimum absolute atomic E-state index is 0.0320. The Morgan fingerprint density at radius 3 is 2.54 bits per heavy atom. The molecule has 2 heterocycles. The minimum Gasteiger partial charge on any atom is -0.449 e. The van der Waals surface area contributed by atoms with E-state index in [9.17, 15) is 14.9 Å². The summed E-state index contributed by atoms with van der Waals surface area (Å²) in [6, 6.07) is 7.54. The highest BCUT2D eigenvalue weighted by Crippen LogP contribution is 2.25. The number of aromatic nitrogens is 3. The second-order valence-corrected chi connectivity index (χ2v) is 6.33. The molecule has 0 spiro atoms. The van der Waals surface area contributed by atoms with Crippen LogP contribution in [0.5, 0.6) is 0 Å². The number of esters is 1. The van der Waals surface area contributed by atoms with Gasteiger partial charge in [-0.3, -0.25) is 10.1 Å². The first-order valence-corrected chi connectivity index (χ1v) is 8.77. The number of non-ortho nitro benzene ring substituents is 1. The van der Waals surface area contributed by atoms with E-state index in [1.807, 2.05) is 25.3 Å². The molecule has 146 valence electrons. The lowest BCUT2D eigenvalue weighted by molar-refractivity contribution is -0.384. The molecule has 0 N–H and O–H groups in total. The van der Waals surface area contributed by atoms with E-state index in [1.165, 1.54) is 24.3 Å². The fourth-order valence-electron chi connectivity index (χ4n) is 3.01. The van der Waals surface area contributed by atoms with Crippen LogP contribution >= 0.6 is 0 Å². The Bertz CT molecular complexity index is 1020. The number of rotatable bonds is 6. The fourth-order valence-corrected chi connectivity index (χ4v) is 3.01. The number of carbonyl (C=O) groups is 1. The number of ether oxygens (including phenoxy) is 1. The van der Waals surface area contributed by atoms with Gasteiger partial charge in [0, 0.05) is 35.6 Å². The molecule has 0 aliphatic rings. The summed E-state index contributed by atoms with van der Waals surface area (Å²) in [5.74, 6) is -0.127. The van der Waals surface area contributed by atoms with Crippen molar-refractivity contribution in [1.29, 1.82) is 0 Å². The third-order valence-corrected chi connectivity index (χ3v) is 4.51. The van der Waals surface area contributed by atoms with Gasteiger partial charge in [0.1, 0.15) is 0 Å². The van der Waals surface area contributed by atoms with Crippen LogP contribution in [0.15, 0.2) is 34.7 Å². The molecular formula is C19H20N4O5. The van der Waals surface area contributed by atoms with E-state index >= 15 is 0 Å². The van der Waals surface area contributed by atoms with Crippen LogP contribution in [0.25, 0.3) is 11.5 Å². The highest BCUT2D eigenvalue weighted by atomic mass is 16.6. The molecule has 3 aromatic rings. The van der Waals surface area contributed by atoms with Gasteiger partial charge in [-0.2, -0.15) is 0 Å². The maximum absolute atomic E-state index is 12.5. The molecule has 0 saturated carbocycles. The third kappa shape index (κ3) is 3.64. The summed E-state index contributed by atoms with van der Waals surface area (Å²) < 4.78 is 13.1. The molecule has 0 aliphatic heterocycles. The normalized spacial score (nSPS) is 12.0. The van der Waals surface area contributed by atoms with Crippen LogP contribution < -0.4 is 0 Å². The van der Waals surface area contributed by atoms with Crippen LogP contribution in [0.4, 0.5) is 5.69 Å². The van der Waals surface area contributed by atoms with Gasteiger partial charge in [0.05, 0.1) is 10.5 Å². The lowest BCUT2D eigenvalue weighted by Gasteiger charge is -2.10. The van der Waals surface area contributed by atoms with Gasteiger partial charge in [-0.1, -0.05) is 0 Å². The highest BCUT2D eigenvalue weighted by molar-refractivity contribution is 5.91. The smallest absolute Gasteiger partial charge is 0.340 e. The molecule has 9 nitrogen and oxygen atoms in total. The molecule has 1 atom stereocenters. The van der Waals surface area contributed by atoms with E-state index in [-0.39, 0.29) is 17.5 Å². The van der Waals surface area contributed by atoms with E-state index in [2.05, 4.69) is 10.2 Å². The van der Waals surface area contributed by atoms with Gasteiger partial charge >= 0.3 is 5.97 Å². The van der Waals surface area contributed by atoms with Crippen molar-refractivity contribution in [3.8, 4) is 11.5 Å². The van der Waals surface area contributed by atoms with E-state index in [1.54, 1.807) is 13.0 Å². The van der Waals surface area contributed by atoms with Gasteiger partial charge in [0.25, 0.3) is 11.6 Å². The first-order chi connectivity index (χ1) is 13.3. The summed E-state index contributed by atoms with van der Waals surface area (Å²) in [6.45, 7) is 8.23. The van der Waals surface area contributed by atoms with Gasteiger partial charge in [0.15, 0.2) is 6.10 Å². The van der Waals surface area contributed by atoms with Crippen molar-refractivity contribution >= 4 is 11.7 Å². The van der Waals surface area contributed by atoms with E-state index in [0.717, 1.165) is 17.9 Å². The summed E-state index contributed by atoms with van der Waals surface area (Å²) >= 11 is 0. The van der Waals surface area contributed by atoms with Crippen molar-refractivity contribution in [3.05, 3.63) is 63.3 Å². The molecule has 0 amide bonds. The molecule has 3 rings (SSSR count). The minimum atomic E-state index is -0.739. The SMILES string of the molecule is CCn1c(C)cc(C(=O)O[C@@H](C)c2nnc(-c3ccc([N+](=O)[O-])cc3)o2)c1C. The second kappa shape index (κ2) is 7.63. The number of aryl methyl sites for hydroxylation is 1. The zero-order valence-electron chi connectivity index (χ0n) is 16.0. The molecule has 0 saturated heterocycles. The standard InChI is InChI=1S/C19H20N4O5/c1-5-22-11(2)10-16(12(22)3)19(24)27-13(4)17-20-21-18(28-17)14-6-8-15(9-7-14)23(25)26/h6-10,13H,5H2,1-4H3/t13-/m0/s1. The lowest BCUT2D eigenvalue weighted by Crippen LogP contribution is -2.11. The Kier molecular flexibility index (Phi) is 5.25. The van der Waals surface area contributed by atoms with E-state index in [0.29, 0.717) is 11.1 Å². The van der Waals surface area contributed by atoms with Crippen LogP contribution in [0, 0.1) is 24.0 Å². The Labute approximate surface area is 161 Å². The van der Waals surface area contributed by atoms with Gasteiger partial charge < -0.3 is 13.7 Å². The second-order valence-electron chi connectivity index (χ2n) is 6.33.